The third kappa shape index (κ3) is 1.84. The molecule has 0 saturated heterocycles. The molecule has 3 nitrogen and oxygen atoms in total. The third-order valence-electron chi connectivity index (χ3n) is 5.73. The lowest BCUT2D eigenvalue weighted by Gasteiger charge is -2.19. The number of esters is 1. The zero-order valence-electron chi connectivity index (χ0n) is 13.4. The number of hydrogen-bond acceptors (Lipinski definition) is 3. The Bertz CT molecular complexity index is 881. The van der Waals surface area contributed by atoms with Crippen LogP contribution < -0.4 is 0 Å². The van der Waals surface area contributed by atoms with Crippen LogP contribution in [0.5, 0.6) is 0 Å². The Labute approximate surface area is 140 Å². The van der Waals surface area contributed by atoms with Crippen LogP contribution in [-0.4, -0.2) is 11.8 Å². The Kier molecular flexibility index (Phi) is 2.93. The van der Waals surface area contributed by atoms with E-state index in [1.54, 1.807) is 6.07 Å². The number of carbonyl (C=O) groups is 2. The summed E-state index contributed by atoms with van der Waals surface area (Å²) in [6.45, 7) is 0. The van der Waals surface area contributed by atoms with E-state index in [0.717, 1.165) is 36.0 Å². The van der Waals surface area contributed by atoms with Gasteiger partial charge >= 0.3 is 5.97 Å². The van der Waals surface area contributed by atoms with Gasteiger partial charge in [-0.3, -0.25) is 4.79 Å². The number of ketones is 1. The van der Waals surface area contributed by atoms with Gasteiger partial charge in [-0.1, -0.05) is 30.3 Å². The van der Waals surface area contributed by atoms with Crippen molar-refractivity contribution in [2.75, 3.05) is 0 Å². The average molecular weight is 318 g/mol. The summed E-state index contributed by atoms with van der Waals surface area (Å²) >= 11 is 0. The first-order chi connectivity index (χ1) is 11.7. The number of fused-ring (bicyclic) bond motifs is 4. The van der Waals surface area contributed by atoms with Crippen LogP contribution in [0.1, 0.15) is 61.9 Å². The molecule has 0 saturated carbocycles. The summed E-state index contributed by atoms with van der Waals surface area (Å²) in [5.74, 6) is -0.416. The molecular formula is C21H18O3. The first-order valence-corrected chi connectivity index (χ1v) is 8.72. The second-order valence-electron chi connectivity index (χ2n) is 7.03. The highest BCUT2D eigenvalue weighted by molar-refractivity contribution is 6.05. The molecule has 0 amide bonds. The zero-order valence-corrected chi connectivity index (χ0v) is 13.4. The van der Waals surface area contributed by atoms with E-state index in [9.17, 15) is 9.59 Å². The summed E-state index contributed by atoms with van der Waals surface area (Å²) in [6.07, 6.45) is 4.67. The Morgan fingerprint density at radius 1 is 0.917 bits per heavy atom. The molecule has 120 valence electrons. The number of hydrogen-bond donors (Lipinski definition) is 0. The molecule has 0 fully saturated rings. The summed E-state index contributed by atoms with van der Waals surface area (Å²) < 4.78 is 5.60. The van der Waals surface area contributed by atoms with Gasteiger partial charge in [-0.2, -0.15) is 0 Å². The zero-order chi connectivity index (χ0) is 16.3. The standard InChI is InChI=1S/C21H18O3/c22-19-17(20-15-7-3-4-8-16(15)21(23)24-20)11-13-10-9-12-5-1-2-6-14(12)18(13)19/h3-4,7-10,17,20H,1-2,5-6,11H2/t17-,20-/m1/s1. The van der Waals surface area contributed by atoms with Crippen molar-refractivity contribution >= 4 is 11.8 Å². The van der Waals surface area contributed by atoms with Crippen LogP contribution >= 0.6 is 0 Å². The lowest BCUT2D eigenvalue weighted by molar-refractivity contribution is 0.0252. The van der Waals surface area contributed by atoms with Crippen LogP contribution in [0.3, 0.4) is 0 Å². The van der Waals surface area contributed by atoms with Crippen molar-refractivity contribution in [2.45, 2.75) is 38.2 Å². The van der Waals surface area contributed by atoms with Gasteiger partial charge in [0.1, 0.15) is 6.10 Å². The number of Topliss-reactive ketones (excluding diaryl/α,β-unsaturated/α-hetero) is 1. The molecule has 0 N–H and O–H groups in total. The molecular weight excluding hydrogens is 300 g/mol. The predicted molar refractivity (Wildman–Crippen MR) is 89.2 cm³/mol. The van der Waals surface area contributed by atoms with Gasteiger partial charge in [0.05, 0.1) is 11.5 Å². The largest absolute Gasteiger partial charge is 0.453 e. The smallest absolute Gasteiger partial charge is 0.339 e. The molecule has 24 heavy (non-hydrogen) atoms. The second-order valence-corrected chi connectivity index (χ2v) is 7.03. The maximum Gasteiger partial charge on any atom is 0.339 e. The highest BCUT2D eigenvalue weighted by atomic mass is 16.5. The van der Waals surface area contributed by atoms with Gasteiger partial charge in [-0.15, -0.1) is 0 Å². The van der Waals surface area contributed by atoms with E-state index < -0.39 is 6.10 Å². The van der Waals surface area contributed by atoms with Crippen molar-refractivity contribution in [3.63, 3.8) is 0 Å². The summed E-state index contributed by atoms with van der Waals surface area (Å²) in [7, 11) is 0. The minimum atomic E-state index is -0.437. The number of ether oxygens (including phenoxy) is 1. The first kappa shape index (κ1) is 14.0. The molecule has 5 rings (SSSR count). The maximum absolute atomic E-state index is 13.2. The van der Waals surface area contributed by atoms with Gasteiger partial charge in [0, 0.05) is 11.1 Å². The lowest BCUT2D eigenvalue weighted by Crippen LogP contribution is -2.20. The first-order valence-electron chi connectivity index (χ1n) is 8.72. The van der Waals surface area contributed by atoms with E-state index in [4.69, 9.17) is 4.74 Å². The highest BCUT2D eigenvalue weighted by Gasteiger charge is 2.44. The van der Waals surface area contributed by atoms with Crippen LogP contribution in [0, 0.1) is 5.92 Å². The van der Waals surface area contributed by atoms with E-state index in [1.807, 2.05) is 18.2 Å². The normalized spacial score (nSPS) is 24.3. The number of rotatable bonds is 1. The van der Waals surface area contributed by atoms with Crippen molar-refractivity contribution in [2.24, 2.45) is 5.92 Å². The molecule has 2 aliphatic carbocycles. The monoisotopic (exact) mass is 318 g/mol. The van der Waals surface area contributed by atoms with E-state index in [0.29, 0.717) is 12.0 Å². The van der Waals surface area contributed by atoms with Crippen LogP contribution in [-0.2, 0) is 24.0 Å². The molecule has 2 aromatic carbocycles. The molecule has 0 aromatic heterocycles. The topological polar surface area (TPSA) is 43.4 Å². The molecule has 3 aliphatic rings. The van der Waals surface area contributed by atoms with Gasteiger partial charge in [0.15, 0.2) is 5.78 Å². The van der Waals surface area contributed by atoms with E-state index >= 15 is 0 Å². The molecule has 2 aromatic rings. The minimum absolute atomic E-state index is 0.165. The van der Waals surface area contributed by atoms with Crippen LogP contribution in [0.15, 0.2) is 36.4 Å². The third-order valence-corrected chi connectivity index (χ3v) is 5.73. The Morgan fingerprint density at radius 2 is 1.71 bits per heavy atom. The van der Waals surface area contributed by atoms with Crippen molar-refractivity contribution in [3.05, 3.63) is 69.8 Å². The van der Waals surface area contributed by atoms with E-state index in [1.165, 1.54) is 17.5 Å². The molecule has 2 atom stereocenters. The number of cyclic esters (lactones) is 1. The summed E-state index contributed by atoms with van der Waals surface area (Å²) in [4.78, 5) is 25.3. The lowest BCUT2D eigenvalue weighted by atomic mass is 9.86. The molecule has 0 bridgehead atoms. The fourth-order valence-electron chi connectivity index (χ4n) is 4.59. The SMILES string of the molecule is O=C1O[C@@H]([C@@H]2Cc3ccc4c(c3C2=O)CCCC4)c2ccccc21. The van der Waals surface area contributed by atoms with Crippen LogP contribution in [0.25, 0.3) is 0 Å². The van der Waals surface area contributed by atoms with Gasteiger partial charge < -0.3 is 4.74 Å². The van der Waals surface area contributed by atoms with Crippen LogP contribution in [0.4, 0.5) is 0 Å². The minimum Gasteiger partial charge on any atom is -0.453 e. The van der Waals surface area contributed by atoms with Gasteiger partial charge in [-0.25, -0.2) is 4.79 Å². The summed E-state index contributed by atoms with van der Waals surface area (Å²) in [5, 5.41) is 0. The van der Waals surface area contributed by atoms with E-state index in [2.05, 4.69) is 12.1 Å². The predicted octanol–water partition coefficient (Wildman–Crippen LogP) is 3.83. The molecule has 1 aliphatic heterocycles. The number of carbonyl (C=O) groups excluding carboxylic acids is 2. The quantitative estimate of drug-likeness (QED) is 0.751. The molecule has 3 heteroatoms. The Morgan fingerprint density at radius 3 is 2.62 bits per heavy atom. The van der Waals surface area contributed by atoms with Crippen molar-refractivity contribution in [1.29, 1.82) is 0 Å². The Balaban J connectivity index is 1.57. The van der Waals surface area contributed by atoms with E-state index in [-0.39, 0.29) is 17.7 Å². The highest BCUT2D eigenvalue weighted by Crippen LogP contribution is 2.44. The summed E-state index contributed by atoms with van der Waals surface area (Å²) in [6, 6.07) is 11.7. The van der Waals surface area contributed by atoms with Gasteiger partial charge in [-0.05, 0) is 54.9 Å². The fourth-order valence-corrected chi connectivity index (χ4v) is 4.59. The molecule has 0 radical (unpaired) electrons. The second kappa shape index (κ2) is 5.04. The maximum atomic E-state index is 13.2. The van der Waals surface area contributed by atoms with Crippen molar-refractivity contribution < 1.29 is 14.3 Å². The summed E-state index contributed by atoms with van der Waals surface area (Å²) in [5.41, 5.74) is 6.11. The number of benzene rings is 2. The molecule has 1 heterocycles. The Hall–Kier alpha value is -2.42. The van der Waals surface area contributed by atoms with Gasteiger partial charge in [0.25, 0.3) is 0 Å². The van der Waals surface area contributed by atoms with Gasteiger partial charge in [0.2, 0.25) is 0 Å². The number of aryl methyl sites for hydroxylation is 1. The van der Waals surface area contributed by atoms with Crippen LogP contribution in [0.2, 0.25) is 0 Å². The fraction of sp³-hybridized carbons (Fsp3) is 0.333. The average Bonchev–Trinajstić information content (AvgIpc) is 3.13. The molecule has 0 unspecified atom stereocenters. The van der Waals surface area contributed by atoms with Crippen molar-refractivity contribution in [3.8, 4) is 0 Å². The molecule has 0 spiro atoms. The van der Waals surface area contributed by atoms with Crippen molar-refractivity contribution in [1.82, 2.24) is 0 Å².